The molecule has 1 aliphatic heterocycles. The highest BCUT2D eigenvalue weighted by atomic mass is 31.0. The summed E-state index contributed by atoms with van der Waals surface area (Å²) in [6.07, 6.45) is 4.51. The average Bonchev–Trinajstić information content (AvgIpc) is 3.84. The van der Waals surface area contributed by atoms with Crippen LogP contribution < -0.4 is 20.7 Å². The maximum Gasteiger partial charge on any atom is 0.345 e. The molecule has 2 aromatic carbocycles. The second-order valence-corrected chi connectivity index (χ2v) is 12.8. The van der Waals surface area contributed by atoms with E-state index in [0.29, 0.717) is 12.3 Å². The lowest BCUT2D eigenvalue weighted by Crippen LogP contribution is -2.41. The van der Waals surface area contributed by atoms with Crippen molar-refractivity contribution in [1.29, 1.82) is 0 Å². The molecule has 0 spiro atoms. The summed E-state index contributed by atoms with van der Waals surface area (Å²) in [6, 6.07) is 16.2. The molecule has 2 aromatic rings. The van der Waals surface area contributed by atoms with Gasteiger partial charge in [-0.05, 0) is 68.2 Å². The number of amides is 2. The first-order valence-electron chi connectivity index (χ1n) is 16.1. The summed E-state index contributed by atoms with van der Waals surface area (Å²) in [6.45, 7) is 9.40. The molecule has 1 heterocycles. The fourth-order valence-corrected chi connectivity index (χ4v) is 5.30. The number of allylic oxidation sites excluding steroid dienone is 1. The van der Waals surface area contributed by atoms with Crippen molar-refractivity contribution < 1.29 is 38.5 Å². The van der Waals surface area contributed by atoms with Gasteiger partial charge in [0.2, 0.25) is 11.8 Å². The van der Waals surface area contributed by atoms with Crippen molar-refractivity contribution in [2.45, 2.75) is 78.6 Å². The number of rotatable bonds is 17. The summed E-state index contributed by atoms with van der Waals surface area (Å²) in [7, 11) is 4.32. The first-order chi connectivity index (χ1) is 22.4. The Hall–Kier alpha value is -3.75. The van der Waals surface area contributed by atoms with Gasteiger partial charge in [0.1, 0.15) is 11.9 Å². The van der Waals surface area contributed by atoms with Crippen LogP contribution in [-0.4, -0.2) is 61.3 Å². The third kappa shape index (κ3) is 14.7. The molecule has 10 nitrogen and oxygen atoms in total. The minimum absolute atomic E-state index is 0.000996. The third-order valence-electron chi connectivity index (χ3n) is 7.67. The number of epoxide rings is 1. The minimum atomic E-state index is -1.21. The summed E-state index contributed by atoms with van der Waals surface area (Å²) in [4.78, 5) is 47.8. The normalized spacial score (nSPS) is 17.1. The predicted molar refractivity (Wildman–Crippen MR) is 185 cm³/mol. The van der Waals surface area contributed by atoms with Crippen LogP contribution in [0.3, 0.4) is 0 Å². The Morgan fingerprint density at radius 3 is 2.36 bits per heavy atom. The van der Waals surface area contributed by atoms with Crippen LogP contribution in [0.1, 0.15) is 70.6 Å². The number of aryl methyl sites for hydroxylation is 1. The summed E-state index contributed by atoms with van der Waals surface area (Å²) < 4.78 is 16.0. The Labute approximate surface area is 281 Å². The Kier molecular flexibility index (Phi) is 17.2. The smallest absolute Gasteiger partial charge is 0.345 e. The fraction of sp³-hybridized carbons (Fsp3) is 0.500. The molecule has 1 saturated heterocycles. The van der Waals surface area contributed by atoms with Gasteiger partial charge in [-0.25, -0.2) is 4.79 Å². The third-order valence-corrected chi connectivity index (χ3v) is 8.12. The number of methoxy groups -OCH3 is 1. The number of nitrogens with one attached hydrogen (secondary N) is 2. The molecule has 6 atom stereocenters. The number of hydrogen-bond donors (Lipinski definition) is 3. The Balaban J connectivity index is 0.000000651. The zero-order valence-electron chi connectivity index (χ0n) is 28.4. The lowest BCUT2D eigenvalue weighted by molar-refractivity contribution is -0.168. The van der Waals surface area contributed by atoms with Crippen LogP contribution in [0.2, 0.25) is 0 Å². The second-order valence-electron chi connectivity index (χ2n) is 12.2. The first-order valence-corrected chi connectivity index (χ1v) is 16.7. The fourth-order valence-electron chi connectivity index (χ4n) is 4.82. The Morgan fingerprint density at radius 2 is 1.77 bits per heavy atom. The lowest BCUT2D eigenvalue weighted by atomic mass is 9.97. The van der Waals surface area contributed by atoms with Gasteiger partial charge in [0.05, 0.1) is 25.7 Å². The zero-order chi connectivity index (χ0) is 34.9. The van der Waals surface area contributed by atoms with E-state index >= 15 is 0 Å². The van der Waals surface area contributed by atoms with Crippen molar-refractivity contribution >= 4 is 38.3 Å². The van der Waals surface area contributed by atoms with Crippen molar-refractivity contribution in [2.24, 2.45) is 17.8 Å². The molecule has 3 N–H and O–H groups in total. The molecular weight excluding hydrogens is 619 g/mol. The van der Waals surface area contributed by atoms with Crippen LogP contribution >= 0.6 is 9.24 Å². The number of ether oxygens (including phenoxy) is 3. The summed E-state index contributed by atoms with van der Waals surface area (Å²) in [5.41, 5.74) is 2.44. The minimum Gasteiger partial charge on any atom is -0.496 e. The molecule has 1 aliphatic rings. The van der Waals surface area contributed by atoms with Gasteiger partial charge in [0.25, 0.3) is 0 Å². The SMILES string of the molecule is CCC(CNC(=O)CNC(=O)/C=C/CCC(C)C1OC1c1ccccc1)C(=O)OC(CC(C)C)C(=O)O.COc1ccc(C)cc1P. The molecule has 0 bridgehead atoms. The molecule has 11 heteroatoms. The predicted octanol–water partition coefficient (Wildman–Crippen LogP) is 4.90. The topological polar surface area (TPSA) is 144 Å². The average molecular weight is 671 g/mol. The second kappa shape index (κ2) is 20.5. The van der Waals surface area contributed by atoms with Crippen LogP contribution in [0, 0.1) is 24.7 Å². The van der Waals surface area contributed by atoms with Crippen molar-refractivity contribution in [3.8, 4) is 5.75 Å². The van der Waals surface area contributed by atoms with E-state index < -0.39 is 29.9 Å². The molecule has 258 valence electrons. The molecule has 3 rings (SSSR count). The highest BCUT2D eigenvalue weighted by Gasteiger charge is 2.43. The standard InChI is InChI=1S/C28H40N2O7.C8H11OP/c1-5-20(28(35)36-22(27(33)34)15-18(2)3)16-29-24(32)17-30-23(31)14-10-9-11-19(4)25-26(37-25)21-12-7-6-8-13-21;1-6-3-4-7(9-2)8(10)5-6/h6-8,10,12-14,18-20,22,25-26H,5,9,11,15-17H2,1-4H3,(H,29,32)(H,30,31)(H,33,34);3-5H,10H2,1-2H3/b14-10+;. The number of carbonyl (C=O) groups excluding carboxylic acids is 3. The molecule has 6 unspecified atom stereocenters. The van der Waals surface area contributed by atoms with Gasteiger partial charge in [0, 0.05) is 11.8 Å². The highest BCUT2D eigenvalue weighted by molar-refractivity contribution is 7.27. The monoisotopic (exact) mass is 670 g/mol. The van der Waals surface area contributed by atoms with Crippen LogP contribution in [0.25, 0.3) is 0 Å². The van der Waals surface area contributed by atoms with Gasteiger partial charge < -0.3 is 30.0 Å². The van der Waals surface area contributed by atoms with Crippen LogP contribution in [-0.2, 0) is 28.7 Å². The van der Waals surface area contributed by atoms with E-state index in [1.807, 2.05) is 44.2 Å². The molecule has 0 saturated carbocycles. The van der Waals surface area contributed by atoms with Crippen molar-refractivity contribution in [2.75, 3.05) is 20.2 Å². The summed E-state index contributed by atoms with van der Waals surface area (Å²) in [5.74, 6) is -2.02. The molecule has 0 aliphatic carbocycles. The maximum absolute atomic E-state index is 12.4. The molecular formula is C36H51N2O8P. The largest absolute Gasteiger partial charge is 0.496 e. The number of carboxylic acids is 1. The maximum atomic E-state index is 12.4. The zero-order valence-corrected chi connectivity index (χ0v) is 29.5. The first kappa shape index (κ1) is 39.4. The lowest BCUT2D eigenvalue weighted by Gasteiger charge is -2.20. The molecule has 0 aromatic heterocycles. The molecule has 0 radical (unpaired) electrons. The van der Waals surface area contributed by atoms with Gasteiger partial charge in [-0.15, -0.1) is 9.24 Å². The van der Waals surface area contributed by atoms with Crippen molar-refractivity contribution in [3.05, 3.63) is 71.8 Å². The Bertz CT molecular complexity index is 1330. The number of esters is 1. The number of benzene rings is 2. The molecule has 1 fully saturated rings. The molecule has 2 amide bonds. The quantitative estimate of drug-likeness (QED) is 0.0934. The van der Waals surface area contributed by atoms with E-state index in [-0.39, 0.29) is 43.5 Å². The van der Waals surface area contributed by atoms with Gasteiger partial charge in [-0.2, -0.15) is 0 Å². The van der Waals surface area contributed by atoms with E-state index in [1.165, 1.54) is 17.2 Å². The van der Waals surface area contributed by atoms with Crippen LogP contribution in [0.15, 0.2) is 60.7 Å². The van der Waals surface area contributed by atoms with E-state index in [4.69, 9.17) is 14.2 Å². The van der Waals surface area contributed by atoms with Crippen LogP contribution in [0.5, 0.6) is 5.75 Å². The molecule has 47 heavy (non-hydrogen) atoms. The van der Waals surface area contributed by atoms with Crippen molar-refractivity contribution in [3.63, 3.8) is 0 Å². The number of carboxylic acid groups (broad SMARTS) is 1. The van der Waals surface area contributed by atoms with Gasteiger partial charge >= 0.3 is 11.9 Å². The number of hydrogen-bond acceptors (Lipinski definition) is 7. The number of aliphatic carboxylic acids is 1. The highest BCUT2D eigenvalue weighted by Crippen LogP contribution is 2.44. The Morgan fingerprint density at radius 1 is 1.06 bits per heavy atom. The van der Waals surface area contributed by atoms with E-state index in [2.05, 4.69) is 51.9 Å². The van der Waals surface area contributed by atoms with E-state index in [1.54, 1.807) is 20.1 Å². The van der Waals surface area contributed by atoms with E-state index in [9.17, 15) is 24.3 Å². The summed E-state index contributed by atoms with van der Waals surface area (Å²) >= 11 is 0. The van der Waals surface area contributed by atoms with Gasteiger partial charge in [-0.3, -0.25) is 14.4 Å². The van der Waals surface area contributed by atoms with Gasteiger partial charge in [0.15, 0.2) is 6.10 Å². The van der Waals surface area contributed by atoms with Gasteiger partial charge in [-0.1, -0.05) is 75.7 Å². The summed E-state index contributed by atoms with van der Waals surface area (Å²) in [5, 5.41) is 15.5. The van der Waals surface area contributed by atoms with Crippen molar-refractivity contribution in [1.82, 2.24) is 10.6 Å². The van der Waals surface area contributed by atoms with Crippen LogP contribution in [0.4, 0.5) is 0 Å². The van der Waals surface area contributed by atoms with E-state index in [0.717, 1.165) is 23.9 Å². The number of carbonyl (C=O) groups is 4.